The summed E-state index contributed by atoms with van der Waals surface area (Å²) < 4.78 is 1.60. The molecule has 0 unspecified atom stereocenters. The van der Waals surface area contributed by atoms with Crippen molar-refractivity contribution < 1.29 is 4.92 Å². The zero-order valence-electron chi connectivity index (χ0n) is 8.02. The fourth-order valence-corrected chi connectivity index (χ4v) is 1.02. The largest absolute Gasteiger partial charge is 0.306 e. The van der Waals surface area contributed by atoms with E-state index in [4.69, 9.17) is 0 Å². The van der Waals surface area contributed by atoms with Crippen molar-refractivity contribution in [1.82, 2.24) is 9.78 Å². The third-order valence-corrected chi connectivity index (χ3v) is 1.47. The van der Waals surface area contributed by atoms with E-state index in [9.17, 15) is 10.1 Å². The number of rotatable bonds is 2. The van der Waals surface area contributed by atoms with E-state index >= 15 is 0 Å². The minimum absolute atomic E-state index is 0.0456. The van der Waals surface area contributed by atoms with Crippen molar-refractivity contribution in [3.63, 3.8) is 0 Å². The molecule has 0 bridgehead atoms. The van der Waals surface area contributed by atoms with Gasteiger partial charge in [0.25, 0.3) is 0 Å². The van der Waals surface area contributed by atoms with Crippen LogP contribution in [0.5, 0.6) is 0 Å². The summed E-state index contributed by atoms with van der Waals surface area (Å²) in [4.78, 5) is 9.89. The van der Waals surface area contributed by atoms with E-state index in [1.54, 1.807) is 4.68 Å². The molecule has 72 valence electrons. The number of hydrogen-bond acceptors (Lipinski definition) is 3. The van der Waals surface area contributed by atoms with Crippen molar-refractivity contribution in [2.24, 2.45) is 5.41 Å². The standard InChI is InChI=1S/C8H13N3O2/c1-8(2,3)6-10-5-7(4-9-10)11(12)13/h4-5H,6H2,1-3H3. The second-order valence-corrected chi connectivity index (χ2v) is 4.21. The SMILES string of the molecule is CC(C)(C)Cn1cc([N+](=O)[O-])cn1. The van der Waals surface area contributed by atoms with E-state index in [-0.39, 0.29) is 11.1 Å². The minimum atomic E-state index is -0.438. The van der Waals surface area contributed by atoms with Gasteiger partial charge in [-0.15, -0.1) is 0 Å². The van der Waals surface area contributed by atoms with E-state index < -0.39 is 4.92 Å². The summed E-state index contributed by atoms with van der Waals surface area (Å²) in [5.41, 5.74) is 0.129. The molecule has 0 radical (unpaired) electrons. The molecule has 1 aromatic rings. The molecular formula is C8H13N3O2. The molecule has 5 heteroatoms. The highest BCUT2D eigenvalue weighted by molar-refractivity contribution is 5.20. The fourth-order valence-electron chi connectivity index (χ4n) is 1.02. The molecule has 0 atom stereocenters. The van der Waals surface area contributed by atoms with Crippen LogP contribution < -0.4 is 0 Å². The molecule has 1 heterocycles. The van der Waals surface area contributed by atoms with Gasteiger partial charge in [0, 0.05) is 6.54 Å². The Hall–Kier alpha value is -1.39. The molecule has 1 aromatic heterocycles. The molecular weight excluding hydrogens is 170 g/mol. The molecule has 0 aliphatic carbocycles. The minimum Gasteiger partial charge on any atom is -0.265 e. The first kappa shape index (κ1) is 9.70. The Morgan fingerprint density at radius 3 is 2.62 bits per heavy atom. The Labute approximate surface area is 76.5 Å². The summed E-state index contributed by atoms with van der Waals surface area (Å²) in [6.07, 6.45) is 2.72. The number of aromatic nitrogens is 2. The van der Waals surface area contributed by atoms with Crippen molar-refractivity contribution in [1.29, 1.82) is 0 Å². The second-order valence-electron chi connectivity index (χ2n) is 4.21. The van der Waals surface area contributed by atoms with Crippen LogP contribution in [0, 0.1) is 15.5 Å². The fraction of sp³-hybridized carbons (Fsp3) is 0.625. The molecule has 0 fully saturated rings. The lowest BCUT2D eigenvalue weighted by atomic mass is 9.97. The maximum absolute atomic E-state index is 10.3. The van der Waals surface area contributed by atoms with Crippen molar-refractivity contribution in [3.8, 4) is 0 Å². The van der Waals surface area contributed by atoms with Crippen LogP contribution in [0.4, 0.5) is 5.69 Å². The van der Waals surface area contributed by atoms with Crippen molar-refractivity contribution in [2.45, 2.75) is 27.3 Å². The lowest BCUT2D eigenvalue weighted by Crippen LogP contribution is -2.15. The van der Waals surface area contributed by atoms with Gasteiger partial charge in [0.1, 0.15) is 12.4 Å². The monoisotopic (exact) mass is 183 g/mol. The summed E-state index contributed by atoms with van der Waals surface area (Å²) in [6, 6.07) is 0. The molecule has 5 nitrogen and oxygen atoms in total. The topological polar surface area (TPSA) is 61.0 Å². The zero-order chi connectivity index (χ0) is 10.1. The van der Waals surface area contributed by atoms with Crippen LogP contribution in [0.2, 0.25) is 0 Å². The summed E-state index contributed by atoms with van der Waals surface area (Å²) in [6.45, 7) is 6.85. The van der Waals surface area contributed by atoms with Crippen LogP contribution in [0.15, 0.2) is 12.4 Å². The van der Waals surface area contributed by atoms with Crippen LogP contribution in [0.25, 0.3) is 0 Å². The smallest absolute Gasteiger partial charge is 0.265 e. The molecule has 0 aromatic carbocycles. The highest BCUT2D eigenvalue weighted by atomic mass is 16.6. The number of nitro groups is 1. The quantitative estimate of drug-likeness (QED) is 0.519. The van der Waals surface area contributed by atoms with Gasteiger partial charge in [-0.25, -0.2) is 0 Å². The average Bonchev–Trinajstić information content (AvgIpc) is 2.31. The van der Waals surface area contributed by atoms with Gasteiger partial charge in [-0.3, -0.25) is 14.8 Å². The molecule has 0 saturated heterocycles. The summed E-state index contributed by atoms with van der Waals surface area (Å²) in [5, 5.41) is 14.2. The van der Waals surface area contributed by atoms with Gasteiger partial charge in [-0.05, 0) is 5.41 Å². The highest BCUT2D eigenvalue weighted by Gasteiger charge is 2.14. The van der Waals surface area contributed by atoms with E-state index in [0.717, 1.165) is 0 Å². The Morgan fingerprint density at radius 2 is 2.23 bits per heavy atom. The Bertz CT molecular complexity index is 311. The van der Waals surface area contributed by atoms with Crippen LogP contribution in [-0.4, -0.2) is 14.7 Å². The molecule has 0 amide bonds. The highest BCUT2D eigenvalue weighted by Crippen LogP contribution is 2.17. The third kappa shape index (κ3) is 2.85. The molecule has 1 rings (SSSR count). The van der Waals surface area contributed by atoms with Crippen LogP contribution in [0.1, 0.15) is 20.8 Å². The lowest BCUT2D eigenvalue weighted by Gasteiger charge is -2.17. The van der Waals surface area contributed by atoms with E-state index in [1.165, 1.54) is 12.4 Å². The van der Waals surface area contributed by atoms with Gasteiger partial charge in [-0.2, -0.15) is 5.10 Å². The van der Waals surface area contributed by atoms with Gasteiger partial charge < -0.3 is 0 Å². The van der Waals surface area contributed by atoms with Crippen molar-refractivity contribution in [3.05, 3.63) is 22.5 Å². The molecule has 0 spiro atoms. The van der Waals surface area contributed by atoms with Gasteiger partial charge in [0.2, 0.25) is 0 Å². The first-order chi connectivity index (χ1) is 5.88. The molecule has 0 aliphatic heterocycles. The van der Waals surface area contributed by atoms with E-state index in [2.05, 4.69) is 25.9 Å². The Morgan fingerprint density at radius 1 is 1.62 bits per heavy atom. The normalized spacial score (nSPS) is 11.6. The van der Waals surface area contributed by atoms with Crippen LogP contribution in [-0.2, 0) is 6.54 Å². The van der Waals surface area contributed by atoms with Gasteiger partial charge >= 0.3 is 5.69 Å². The maximum atomic E-state index is 10.3. The summed E-state index contributed by atoms with van der Waals surface area (Å²) in [7, 11) is 0. The van der Waals surface area contributed by atoms with Crippen LogP contribution >= 0.6 is 0 Å². The predicted molar refractivity (Wildman–Crippen MR) is 48.3 cm³/mol. The van der Waals surface area contributed by atoms with Crippen molar-refractivity contribution >= 4 is 5.69 Å². The molecule has 0 N–H and O–H groups in total. The van der Waals surface area contributed by atoms with E-state index in [1.807, 2.05) is 0 Å². The second kappa shape index (κ2) is 3.16. The summed E-state index contributed by atoms with van der Waals surface area (Å²) in [5.74, 6) is 0. The number of hydrogen-bond donors (Lipinski definition) is 0. The lowest BCUT2D eigenvalue weighted by molar-refractivity contribution is -0.385. The first-order valence-electron chi connectivity index (χ1n) is 4.05. The van der Waals surface area contributed by atoms with Gasteiger partial charge in [0.05, 0.1) is 4.92 Å². The maximum Gasteiger partial charge on any atom is 0.306 e. The van der Waals surface area contributed by atoms with E-state index in [0.29, 0.717) is 6.54 Å². The Balaban J connectivity index is 2.75. The Kier molecular flexibility index (Phi) is 2.36. The van der Waals surface area contributed by atoms with Crippen molar-refractivity contribution in [2.75, 3.05) is 0 Å². The molecule has 0 saturated carbocycles. The predicted octanol–water partition coefficient (Wildman–Crippen LogP) is 1.84. The summed E-state index contributed by atoms with van der Waals surface area (Å²) >= 11 is 0. The van der Waals surface area contributed by atoms with Gasteiger partial charge in [0.15, 0.2) is 0 Å². The molecule has 0 aliphatic rings. The number of nitrogens with zero attached hydrogens (tertiary/aromatic N) is 3. The first-order valence-corrected chi connectivity index (χ1v) is 4.05. The van der Waals surface area contributed by atoms with Crippen LogP contribution in [0.3, 0.4) is 0 Å². The third-order valence-electron chi connectivity index (χ3n) is 1.47. The molecule has 13 heavy (non-hydrogen) atoms. The average molecular weight is 183 g/mol. The van der Waals surface area contributed by atoms with Gasteiger partial charge in [-0.1, -0.05) is 20.8 Å². The zero-order valence-corrected chi connectivity index (χ0v) is 8.02.